The highest BCUT2D eigenvalue weighted by atomic mass is 19.4. The third-order valence-corrected chi connectivity index (χ3v) is 4.44. The molecule has 1 N–H and O–H groups in total. The molecular weight excluding hydrogens is 364 g/mol. The minimum absolute atomic E-state index is 0.275. The zero-order valence-electron chi connectivity index (χ0n) is 14.7. The fourth-order valence-corrected chi connectivity index (χ4v) is 3.29. The van der Waals surface area contributed by atoms with Gasteiger partial charge in [0.05, 0.1) is 13.2 Å². The Hall–Kier alpha value is -2.32. The van der Waals surface area contributed by atoms with Crippen LogP contribution in [-0.4, -0.2) is 44.6 Å². The fourth-order valence-electron chi connectivity index (χ4n) is 3.29. The molecule has 27 heavy (non-hydrogen) atoms. The first-order chi connectivity index (χ1) is 12.9. The zero-order chi connectivity index (χ0) is 19.4. The van der Waals surface area contributed by atoms with Crippen molar-refractivity contribution < 1.29 is 27.0 Å². The molecule has 0 amide bonds. The highest BCUT2D eigenvalue weighted by molar-refractivity contribution is 5.43. The first-order valence-corrected chi connectivity index (χ1v) is 8.51. The Kier molecular flexibility index (Phi) is 5.86. The lowest BCUT2D eigenvalue weighted by Gasteiger charge is -2.36. The van der Waals surface area contributed by atoms with E-state index in [2.05, 4.69) is 15.0 Å². The van der Waals surface area contributed by atoms with Crippen LogP contribution in [0.3, 0.4) is 0 Å². The maximum absolute atomic E-state index is 13.6. The summed E-state index contributed by atoms with van der Waals surface area (Å²) in [4.78, 5) is 2.19. The number of hydrogen-bond donors (Lipinski definition) is 1. The van der Waals surface area contributed by atoms with Crippen molar-refractivity contribution in [3.63, 3.8) is 0 Å². The van der Waals surface area contributed by atoms with Gasteiger partial charge >= 0.3 is 6.36 Å². The van der Waals surface area contributed by atoms with Gasteiger partial charge in [-0.1, -0.05) is 18.2 Å². The molecular formula is C19H20F4N2O2. The molecule has 0 saturated carbocycles. The average molecular weight is 384 g/mol. The van der Waals surface area contributed by atoms with Crippen LogP contribution >= 0.6 is 0 Å². The van der Waals surface area contributed by atoms with Crippen LogP contribution in [0, 0.1) is 5.82 Å². The van der Waals surface area contributed by atoms with E-state index >= 15 is 0 Å². The van der Waals surface area contributed by atoms with E-state index in [1.54, 1.807) is 18.2 Å². The van der Waals surface area contributed by atoms with E-state index in [0.717, 1.165) is 37.3 Å². The second kappa shape index (κ2) is 8.14. The van der Waals surface area contributed by atoms with Gasteiger partial charge in [0.2, 0.25) is 0 Å². The second-order valence-electron chi connectivity index (χ2n) is 6.19. The molecule has 8 heteroatoms. The Labute approximate surface area is 154 Å². The largest absolute Gasteiger partial charge is 0.573 e. The van der Waals surface area contributed by atoms with Gasteiger partial charge in [-0.3, -0.25) is 4.90 Å². The van der Waals surface area contributed by atoms with Crippen molar-refractivity contribution in [1.29, 1.82) is 0 Å². The predicted octanol–water partition coefficient (Wildman–Crippen LogP) is 3.73. The topological polar surface area (TPSA) is 33.7 Å². The Morgan fingerprint density at radius 2 is 1.70 bits per heavy atom. The van der Waals surface area contributed by atoms with Crippen molar-refractivity contribution in [2.45, 2.75) is 12.4 Å². The third-order valence-electron chi connectivity index (χ3n) is 4.44. The number of methoxy groups -OCH3 is 1. The molecule has 4 nitrogen and oxygen atoms in total. The molecule has 0 bridgehead atoms. The van der Waals surface area contributed by atoms with Crippen LogP contribution < -0.4 is 14.8 Å². The summed E-state index contributed by atoms with van der Waals surface area (Å²) in [5.41, 5.74) is 1.53. The highest BCUT2D eigenvalue weighted by Crippen LogP contribution is 2.36. The highest BCUT2D eigenvalue weighted by Gasteiger charge is 2.31. The predicted molar refractivity (Wildman–Crippen MR) is 92.4 cm³/mol. The molecule has 0 unspecified atom stereocenters. The summed E-state index contributed by atoms with van der Waals surface area (Å²) in [5.74, 6) is -0.297. The van der Waals surface area contributed by atoms with Gasteiger partial charge in [0.1, 0.15) is 17.3 Å². The fraction of sp³-hybridized carbons (Fsp3) is 0.368. The lowest BCUT2D eigenvalue weighted by atomic mass is 9.95. The van der Waals surface area contributed by atoms with Gasteiger partial charge in [-0.25, -0.2) is 4.39 Å². The molecule has 0 radical (unpaired) electrons. The van der Waals surface area contributed by atoms with Gasteiger partial charge in [-0.15, -0.1) is 13.2 Å². The van der Waals surface area contributed by atoms with Crippen LogP contribution in [0.1, 0.15) is 17.2 Å². The Balaban J connectivity index is 1.98. The molecule has 2 aromatic rings. The van der Waals surface area contributed by atoms with E-state index in [0.29, 0.717) is 5.75 Å². The first kappa shape index (κ1) is 19.4. The van der Waals surface area contributed by atoms with E-state index < -0.39 is 12.2 Å². The van der Waals surface area contributed by atoms with Gasteiger partial charge in [-0.2, -0.15) is 0 Å². The van der Waals surface area contributed by atoms with Crippen molar-refractivity contribution in [3.8, 4) is 11.5 Å². The van der Waals surface area contributed by atoms with Crippen LogP contribution in [0.2, 0.25) is 0 Å². The Morgan fingerprint density at radius 3 is 2.30 bits per heavy atom. The first-order valence-electron chi connectivity index (χ1n) is 8.51. The number of nitrogens with one attached hydrogen (secondary N) is 1. The molecule has 0 aromatic heterocycles. The molecule has 1 heterocycles. The summed E-state index contributed by atoms with van der Waals surface area (Å²) in [6.07, 6.45) is -4.74. The number of alkyl halides is 3. The van der Waals surface area contributed by atoms with Gasteiger partial charge in [0.15, 0.2) is 0 Å². The van der Waals surface area contributed by atoms with Gasteiger partial charge in [0.25, 0.3) is 0 Å². The monoisotopic (exact) mass is 384 g/mol. The van der Waals surface area contributed by atoms with E-state index in [4.69, 9.17) is 4.74 Å². The SMILES string of the molecule is COc1cc(F)ccc1[C@@H](c1ccc(OC(F)(F)F)cc1)N1CCNCC1. The summed E-state index contributed by atoms with van der Waals surface area (Å²) in [6, 6.07) is 9.80. The number of nitrogens with zero attached hydrogens (tertiary/aromatic N) is 1. The lowest BCUT2D eigenvalue weighted by molar-refractivity contribution is -0.274. The molecule has 1 saturated heterocycles. The normalized spacial score (nSPS) is 16.8. The Morgan fingerprint density at radius 1 is 1.04 bits per heavy atom. The summed E-state index contributed by atoms with van der Waals surface area (Å²) in [6.45, 7) is 3.06. The van der Waals surface area contributed by atoms with Crippen molar-refractivity contribution in [3.05, 3.63) is 59.4 Å². The lowest BCUT2D eigenvalue weighted by Crippen LogP contribution is -2.45. The van der Waals surface area contributed by atoms with Crippen molar-refractivity contribution >= 4 is 0 Å². The zero-order valence-corrected chi connectivity index (χ0v) is 14.7. The molecule has 3 rings (SSSR count). The van der Waals surface area contributed by atoms with Gasteiger partial charge in [0, 0.05) is 37.8 Å². The van der Waals surface area contributed by atoms with Crippen molar-refractivity contribution in [2.75, 3.05) is 33.3 Å². The van der Waals surface area contributed by atoms with Gasteiger partial charge < -0.3 is 14.8 Å². The van der Waals surface area contributed by atoms with E-state index in [1.807, 2.05) is 0 Å². The number of ether oxygens (including phenoxy) is 2. The van der Waals surface area contributed by atoms with E-state index in [1.165, 1.54) is 31.4 Å². The molecule has 1 atom stereocenters. The molecule has 1 aliphatic heterocycles. The summed E-state index contributed by atoms with van der Waals surface area (Å²) in [7, 11) is 1.47. The average Bonchev–Trinajstić information content (AvgIpc) is 2.64. The molecule has 146 valence electrons. The maximum Gasteiger partial charge on any atom is 0.573 e. The van der Waals surface area contributed by atoms with Crippen LogP contribution in [0.4, 0.5) is 17.6 Å². The van der Waals surface area contributed by atoms with Crippen LogP contribution in [0.25, 0.3) is 0 Å². The smallest absolute Gasteiger partial charge is 0.496 e. The molecule has 2 aromatic carbocycles. The molecule has 1 aliphatic rings. The van der Waals surface area contributed by atoms with Crippen LogP contribution in [-0.2, 0) is 0 Å². The molecule has 1 fully saturated rings. The summed E-state index contributed by atoms with van der Waals surface area (Å²) in [5, 5.41) is 3.27. The molecule has 0 aliphatic carbocycles. The number of benzene rings is 2. The maximum atomic E-state index is 13.6. The minimum Gasteiger partial charge on any atom is -0.496 e. The third kappa shape index (κ3) is 4.90. The van der Waals surface area contributed by atoms with E-state index in [-0.39, 0.29) is 11.8 Å². The van der Waals surface area contributed by atoms with Crippen LogP contribution in [0.5, 0.6) is 11.5 Å². The molecule has 0 spiro atoms. The van der Waals surface area contributed by atoms with Crippen molar-refractivity contribution in [1.82, 2.24) is 10.2 Å². The Bertz CT molecular complexity index is 759. The van der Waals surface area contributed by atoms with Crippen molar-refractivity contribution in [2.24, 2.45) is 0 Å². The summed E-state index contributed by atoms with van der Waals surface area (Å²) < 4.78 is 60.1. The van der Waals surface area contributed by atoms with Crippen LogP contribution in [0.15, 0.2) is 42.5 Å². The standard InChI is InChI=1S/C19H20F4N2O2/c1-26-17-12-14(20)4-7-16(17)18(25-10-8-24-9-11-25)13-2-5-15(6-3-13)27-19(21,22)23/h2-7,12,18,24H,8-11H2,1H3/t18-/m1/s1. The number of halogens is 4. The number of rotatable bonds is 5. The quantitative estimate of drug-likeness (QED) is 0.797. The number of piperazine rings is 1. The van der Waals surface area contributed by atoms with Gasteiger partial charge in [-0.05, 0) is 23.8 Å². The minimum atomic E-state index is -4.74. The second-order valence-corrected chi connectivity index (χ2v) is 6.19. The number of hydrogen-bond acceptors (Lipinski definition) is 4. The summed E-state index contributed by atoms with van der Waals surface area (Å²) >= 11 is 0. The van der Waals surface area contributed by atoms with E-state index in [9.17, 15) is 17.6 Å².